The fraction of sp³-hybridized carbons (Fsp3) is 0.375. The van der Waals surface area contributed by atoms with Gasteiger partial charge in [0.1, 0.15) is 0 Å². The van der Waals surface area contributed by atoms with Crippen molar-refractivity contribution in [3.63, 3.8) is 0 Å². The molecule has 106 valence electrons. The van der Waals surface area contributed by atoms with Crippen LogP contribution in [0.5, 0.6) is 0 Å². The molecule has 0 amide bonds. The summed E-state index contributed by atoms with van der Waals surface area (Å²) in [4.78, 5) is 0. The molecule has 0 spiro atoms. The molecule has 20 heavy (non-hydrogen) atoms. The van der Waals surface area contributed by atoms with Crippen LogP contribution in [0.1, 0.15) is 22.5 Å². The van der Waals surface area contributed by atoms with Crippen LogP contribution in [0.2, 0.25) is 0 Å². The Kier molecular flexibility index (Phi) is 3.93. The van der Waals surface area contributed by atoms with Crippen LogP contribution in [-0.4, -0.2) is 9.13 Å². The molecule has 0 aliphatic rings. The van der Waals surface area contributed by atoms with Gasteiger partial charge in [-0.2, -0.15) is 0 Å². The van der Waals surface area contributed by atoms with Gasteiger partial charge in [-0.05, 0) is 51.0 Å². The normalized spacial score (nSPS) is 13.1. The molecule has 0 atom stereocenters. The summed E-state index contributed by atoms with van der Waals surface area (Å²) >= 11 is 0. The lowest BCUT2D eigenvalue weighted by Crippen LogP contribution is -2.23. The second-order valence-corrected chi connectivity index (χ2v) is 5.24. The van der Waals surface area contributed by atoms with Gasteiger partial charge in [0, 0.05) is 25.5 Å². The summed E-state index contributed by atoms with van der Waals surface area (Å²) in [5.74, 6) is 0. The fourth-order valence-corrected chi connectivity index (χ4v) is 2.04. The molecule has 0 aliphatic heterocycles. The van der Waals surface area contributed by atoms with Crippen molar-refractivity contribution in [2.45, 2.75) is 27.7 Å². The number of nitrogens with zero attached hydrogens (tertiary/aromatic N) is 4. The molecule has 0 unspecified atom stereocenters. The zero-order valence-corrected chi connectivity index (χ0v) is 13.1. The number of aryl methyl sites for hydroxylation is 2. The van der Waals surface area contributed by atoms with E-state index in [0.717, 1.165) is 11.0 Å². The van der Waals surface area contributed by atoms with E-state index in [-0.39, 0.29) is 0 Å². The van der Waals surface area contributed by atoms with E-state index >= 15 is 0 Å². The van der Waals surface area contributed by atoms with Gasteiger partial charge in [-0.3, -0.25) is 0 Å². The number of hydrogen-bond donors (Lipinski definition) is 0. The Hall–Kier alpha value is -2.10. The first kappa shape index (κ1) is 14.3. The van der Waals surface area contributed by atoms with E-state index in [2.05, 4.69) is 59.2 Å². The van der Waals surface area contributed by atoms with E-state index in [4.69, 9.17) is 0 Å². The zero-order chi connectivity index (χ0) is 14.9. The van der Waals surface area contributed by atoms with E-state index in [0.29, 0.717) is 0 Å². The van der Waals surface area contributed by atoms with Gasteiger partial charge >= 0.3 is 0 Å². The highest BCUT2D eigenvalue weighted by Gasteiger charge is 1.98. The molecule has 0 aliphatic carbocycles. The minimum atomic E-state index is 0.853. The minimum absolute atomic E-state index is 0.853. The molecule has 0 saturated heterocycles. The Labute approximate surface area is 119 Å². The molecule has 0 radical (unpaired) electrons. The lowest BCUT2D eigenvalue weighted by molar-refractivity contribution is 0.740. The summed E-state index contributed by atoms with van der Waals surface area (Å²) in [6.45, 7) is 8.37. The third kappa shape index (κ3) is 2.59. The molecule has 2 rings (SSSR count). The molecule has 2 aromatic rings. The van der Waals surface area contributed by atoms with Crippen molar-refractivity contribution < 1.29 is 0 Å². The van der Waals surface area contributed by atoms with Gasteiger partial charge in [-0.25, -0.2) is 0 Å². The summed E-state index contributed by atoms with van der Waals surface area (Å²) in [6, 6.07) is 8.13. The highest BCUT2D eigenvalue weighted by atomic mass is 15.3. The molecule has 0 fully saturated rings. The number of aromatic nitrogens is 2. The molecule has 0 bridgehead atoms. The van der Waals surface area contributed by atoms with Crippen molar-refractivity contribution in [3.05, 3.63) is 57.8 Å². The second-order valence-electron chi connectivity index (χ2n) is 5.24. The number of pyridine rings is 2. The van der Waals surface area contributed by atoms with Crippen molar-refractivity contribution in [1.82, 2.24) is 9.13 Å². The molecular weight excluding hydrogens is 248 g/mol. The Morgan fingerprint density at radius 3 is 1.35 bits per heavy atom. The Balaban J connectivity index is 2.61. The fourth-order valence-electron chi connectivity index (χ4n) is 2.04. The molecule has 0 aromatic carbocycles. The maximum atomic E-state index is 4.38. The van der Waals surface area contributed by atoms with Crippen LogP contribution in [0.4, 0.5) is 0 Å². The first-order chi connectivity index (χ1) is 9.41. The molecule has 4 heteroatoms. The maximum Gasteiger partial charge on any atom is 0.155 e. The van der Waals surface area contributed by atoms with Gasteiger partial charge in [-0.1, -0.05) is 12.1 Å². The van der Waals surface area contributed by atoms with Crippen LogP contribution in [0.3, 0.4) is 0 Å². The first-order valence-electron chi connectivity index (χ1n) is 6.76. The largest absolute Gasteiger partial charge is 0.332 e. The predicted octanol–water partition coefficient (Wildman–Crippen LogP) is 2.01. The van der Waals surface area contributed by atoms with E-state index in [1.54, 1.807) is 0 Å². The average molecular weight is 270 g/mol. The van der Waals surface area contributed by atoms with Crippen molar-refractivity contribution >= 4 is 0 Å². The molecular formula is C16H22N4. The summed E-state index contributed by atoms with van der Waals surface area (Å²) in [5, 5.41) is 8.75. The van der Waals surface area contributed by atoms with Crippen molar-refractivity contribution in [2.24, 2.45) is 24.3 Å². The van der Waals surface area contributed by atoms with Gasteiger partial charge in [0.15, 0.2) is 11.0 Å². The van der Waals surface area contributed by atoms with Crippen LogP contribution in [-0.2, 0) is 14.1 Å². The third-order valence-electron chi connectivity index (χ3n) is 4.05. The van der Waals surface area contributed by atoms with Crippen LogP contribution in [0, 0.1) is 27.7 Å². The predicted molar refractivity (Wildman–Crippen MR) is 80.9 cm³/mol. The maximum absolute atomic E-state index is 4.38. The summed E-state index contributed by atoms with van der Waals surface area (Å²) in [6.07, 6.45) is 0. The number of rotatable bonds is 1. The van der Waals surface area contributed by atoms with Gasteiger partial charge in [0.05, 0.1) is 0 Å². The second kappa shape index (κ2) is 5.49. The Bertz CT molecular complexity index is 709. The van der Waals surface area contributed by atoms with Gasteiger partial charge in [0.25, 0.3) is 0 Å². The first-order valence-corrected chi connectivity index (χ1v) is 6.76. The van der Waals surface area contributed by atoms with Gasteiger partial charge < -0.3 is 9.13 Å². The van der Waals surface area contributed by atoms with Crippen LogP contribution in [0.15, 0.2) is 34.5 Å². The monoisotopic (exact) mass is 270 g/mol. The Morgan fingerprint density at radius 2 is 1.00 bits per heavy atom. The van der Waals surface area contributed by atoms with Crippen molar-refractivity contribution in [1.29, 1.82) is 0 Å². The smallest absolute Gasteiger partial charge is 0.155 e. The van der Waals surface area contributed by atoms with E-state index < -0.39 is 0 Å². The molecule has 2 heterocycles. The average Bonchev–Trinajstić information content (AvgIpc) is 2.43. The summed E-state index contributed by atoms with van der Waals surface area (Å²) in [5.41, 5.74) is 6.61. The zero-order valence-electron chi connectivity index (χ0n) is 13.1. The number of hydrogen-bond acceptors (Lipinski definition) is 2. The van der Waals surface area contributed by atoms with E-state index in [1.165, 1.54) is 22.5 Å². The lowest BCUT2D eigenvalue weighted by Gasteiger charge is -2.08. The molecule has 4 nitrogen and oxygen atoms in total. The molecule has 0 saturated carbocycles. The summed E-state index contributed by atoms with van der Waals surface area (Å²) in [7, 11) is 4.02. The minimum Gasteiger partial charge on any atom is -0.332 e. The van der Waals surface area contributed by atoms with Crippen molar-refractivity contribution in [3.8, 4) is 0 Å². The van der Waals surface area contributed by atoms with Crippen LogP contribution < -0.4 is 11.0 Å². The highest BCUT2D eigenvalue weighted by Crippen LogP contribution is 2.01. The third-order valence-corrected chi connectivity index (χ3v) is 4.05. The lowest BCUT2D eigenvalue weighted by atomic mass is 10.2. The topological polar surface area (TPSA) is 34.6 Å². The molecule has 2 aromatic heterocycles. The van der Waals surface area contributed by atoms with E-state index in [9.17, 15) is 0 Å². The van der Waals surface area contributed by atoms with Crippen LogP contribution in [0.25, 0.3) is 0 Å². The SMILES string of the molecule is Cc1cc/c(=N/N=c2\ccc(C)c(C)n2C)n(C)c1C. The van der Waals surface area contributed by atoms with Crippen molar-refractivity contribution in [2.75, 3.05) is 0 Å². The molecule has 0 N–H and O–H groups in total. The quantitative estimate of drug-likeness (QED) is 0.711. The van der Waals surface area contributed by atoms with Crippen LogP contribution >= 0.6 is 0 Å². The standard InChI is InChI=1S/C16H22N4/c1-11-7-9-15(19(5)13(11)3)17-18-16-10-8-12(2)14(4)20(16)6/h7-10H,1-6H3/b17-15-,18-16+. The highest BCUT2D eigenvalue weighted by molar-refractivity contribution is 5.18. The van der Waals surface area contributed by atoms with Gasteiger partial charge in [-0.15, -0.1) is 10.2 Å². The Morgan fingerprint density at radius 1 is 0.650 bits per heavy atom. The summed E-state index contributed by atoms with van der Waals surface area (Å²) < 4.78 is 4.11. The van der Waals surface area contributed by atoms with Gasteiger partial charge in [0.2, 0.25) is 0 Å². The van der Waals surface area contributed by atoms with E-state index in [1.807, 2.05) is 26.2 Å².